The molecule has 2 aromatic carbocycles. The molecule has 4 heterocycles. The molecule has 0 aliphatic carbocycles. The molecule has 6 nitrogen and oxygen atoms in total. The summed E-state index contributed by atoms with van der Waals surface area (Å²) in [5, 5.41) is 7.01. The highest BCUT2D eigenvalue weighted by molar-refractivity contribution is 5.98. The van der Waals surface area contributed by atoms with Crippen molar-refractivity contribution in [2.75, 3.05) is 6.54 Å². The first-order valence-electron chi connectivity index (χ1n) is 10.8. The second kappa shape index (κ2) is 7.05. The van der Waals surface area contributed by atoms with Crippen LogP contribution >= 0.6 is 0 Å². The molecule has 0 saturated carbocycles. The van der Waals surface area contributed by atoms with Crippen molar-refractivity contribution >= 4 is 27.7 Å². The molecule has 1 aliphatic heterocycles. The molecule has 1 amide bonds. The molecule has 0 atom stereocenters. The number of amides is 1. The maximum atomic E-state index is 13.3. The van der Waals surface area contributed by atoms with Crippen LogP contribution in [0.25, 0.3) is 33.2 Å². The first-order chi connectivity index (χ1) is 15.6. The summed E-state index contributed by atoms with van der Waals surface area (Å²) in [5.74, 6) is 0.0400. The molecular weight excluding hydrogens is 398 g/mol. The summed E-state index contributed by atoms with van der Waals surface area (Å²) >= 11 is 0. The fourth-order valence-electron chi connectivity index (χ4n) is 4.92. The number of aryl methyl sites for hydroxylation is 2. The van der Waals surface area contributed by atoms with Crippen molar-refractivity contribution in [2.45, 2.75) is 13.0 Å². The monoisotopic (exact) mass is 421 g/mol. The third kappa shape index (κ3) is 2.83. The van der Waals surface area contributed by atoms with Gasteiger partial charge < -0.3 is 9.47 Å². The third-order valence-electron chi connectivity index (χ3n) is 6.53. The lowest BCUT2D eigenvalue weighted by Crippen LogP contribution is -2.36. The molecule has 6 heteroatoms. The number of carbonyl (C=O) groups excluding carboxylic acids is 1. The zero-order valence-electron chi connectivity index (χ0n) is 18.1. The van der Waals surface area contributed by atoms with Crippen LogP contribution in [0.1, 0.15) is 21.6 Å². The predicted octanol–water partition coefficient (Wildman–Crippen LogP) is 4.33. The summed E-state index contributed by atoms with van der Waals surface area (Å²) in [5.41, 5.74) is 7.32. The summed E-state index contributed by atoms with van der Waals surface area (Å²) in [4.78, 5) is 19.5. The second-order valence-electron chi connectivity index (χ2n) is 8.43. The van der Waals surface area contributed by atoms with Crippen LogP contribution in [-0.4, -0.2) is 36.7 Å². The van der Waals surface area contributed by atoms with Crippen LogP contribution in [0.15, 0.2) is 66.9 Å². The molecule has 0 N–H and O–H groups in total. The Morgan fingerprint density at radius 3 is 2.69 bits per heavy atom. The largest absolute Gasteiger partial charge is 0.342 e. The predicted molar refractivity (Wildman–Crippen MR) is 125 cm³/mol. The van der Waals surface area contributed by atoms with Gasteiger partial charge in [-0.1, -0.05) is 24.3 Å². The molecule has 0 spiro atoms. The number of pyridine rings is 1. The van der Waals surface area contributed by atoms with Gasteiger partial charge in [0.05, 0.1) is 29.1 Å². The number of benzene rings is 2. The number of aromatic nitrogens is 4. The Morgan fingerprint density at radius 2 is 1.81 bits per heavy atom. The molecule has 5 aromatic rings. The standard InChI is InChI=1S/C26H23N5O/c1-29-23-8-4-3-6-18(23)15-24(29)25-20-11-13-31(16-22(20)28-30(25)2)26(32)19-9-10-21-17(14-19)7-5-12-27-21/h3-10,12,14-15H,11,13,16H2,1-2H3. The average molecular weight is 422 g/mol. The van der Waals surface area contributed by atoms with Crippen LogP contribution in [0.2, 0.25) is 0 Å². The lowest BCUT2D eigenvalue weighted by molar-refractivity contribution is 0.0732. The molecule has 0 bridgehead atoms. The number of carbonyl (C=O) groups is 1. The highest BCUT2D eigenvalue weighted by Gasteiger charge is 2.28. The number of hydrogen-bond acceptors (Lipinski definition) is 3. The number of fused-ring (bicyclic) bond motifs is 3. The summed E-state index contributed by atoms with van der Waals surface area (Å²) in [6.45, 7) is 1.20. The number of nitrogens with zero attached hydrogens (tertiary/aromatic N) is 5. The SMILES string of the molecule is Cn1nc2c(c1-c1cc3ccccc3n1C)CCN(C(=O)c1ccc3ncccc3c1)C2. The van der Waals surface area contributed by atoms with Gasteiger partial charge in [-0.3, -0.25) is 14.5 Å². The number of para-hydroxylation sites is 1. The Morgan fingerprint density at radius 1 is 0.969 bits per heavy atom. The van der Waals surface area contributed by atoms with Gasteiger partial charge in [0.2, 0.25) is 0 Å². The maximum Gasteiger partial charge on any atom is 0.254 e. The fourth-order valence-corrected chi connectivity index (χ4v) is 4.92. The molecule has 0 fully saturated rings. The van der Waals surface area contributed by atoms with Gasteiger partial charge in [-0.25, -0.2) is 0 Å². The topological polar surface area (TPSA) is 56.0 Å². The third-order valence-corrected chi connectivity index (χ3v) is 6.53. The van der Waals surface area contributed by atoms with E-state index in [4.69, 9.17) is 5.10 Å². The fraction of sp³-hybridized carbons (Fsp3) is 0.192. The van der Waals surface area contributed by atoms with Crippen molar-refractivity contribution in [2.24, 2.45) is 14.1 Å². The average Bonchev–Trinajstić information content (AvgIpc) is 3.33. The Labute approximate surface area is 185 Å². The van der Waals surface area contributed by atoms with Gasteiger partial charge in [0.25, 0.3) is 5.91 Å². The van der Waals surface area contributed by atoms with Crippen molar-refractivity contribution in [3.8, 4) is 11.4 Å². The van der Waals surface area contributed by atoms with Gasteiger partial charge in [0.15, 0.2) is 0 Å². The molecule has 158 valence electrons. The summed E-state index contributed by atoms with van der Waals surface area (Å²) < 4.78 is 4.20. The van der Waals surface area contributed by atoms with E-state index in [2.05, 4.69) is 46.9 Å². The van der Waals surface area contributed by atoms with Crippen molar-refractivity contribution in [3.05, 3.63) is 83.7 Å². The van der Waals surface area contributed by atoms with E-state index in [1.165, 1.54) is 16.5 Å². The molecular formula is C26H23N5O. The molecule has 3 aromatic heterocycles. The highest BCUT2D eigenvalue weighted by atomic mass is 16.2. The van der Waals surface area contributed by atoms with Crippen molar-refractivity contribution in [1.82, 2.24) is 24.2 Å². The minimum absolute atomic E-state index is 0.0400. The van der Waals surface area contributed by atoms with Crippen molar-refractivity contribution in [1.29, 1.82) is 0 Å². The Kier molecular flexibility index (Phi) is 4.15. The van der Waals surface area contributed by atoms with E-state index in [0.29, 0.717) is 18.7 Å². The molecule has 32 heavy (non-hydrogen) atoms. The minimum Gasteiger partial charge on any atom is -0.342 e. The number of rotatable bonds is 2. The van der Waals surface area contributed by atoms with Crippen LogP contribution in [0.5, 0.6) is 0 Å². The maximum absolute atomic E-state index is 13.3. The van der Waals surface area contributed by atoms with Crippen LogP contribution in [-0.2, 0) is 27.1 Å². The van der Waals surface area contributed by atoms with Gasteiger partial charge in [-0.2, -0.15) is 5.10 Å². The summed E-state index contributed by atoms with van der Waals surface area (Å²) in [6, 6.07) is 20.2. The zero-order valence-corrected chi connectivity index (χ0v) is 18.1. The molecule has 0 saturated heterocycles. The lowest BCUT2D eigenvalue weighted by atomic mass is 10.0. The summed E-state index contributed by atoms with van der Waals surface area (Å²) in [7, 11) is 4.10. The van der Waals surface area contributed by atoms with E-state index in [9.17, 15) is 4.79 Å². The van der Waals surface area contributed by atoms with Crippen LogP contribution in [0, 0.1) is 0 Å². The van der Waals surface area contributed by atoms with Gasteiger partial charge >= 0.3 is 0 Å². The Hall–Kier alpha value is -3.93. The lowest BCUT2D eigenvalue weighted by Gasteiger charge is -2.27. The van der Waals surface area contributed by atoms with Gasteiger partial charge in [0, 0.05) is 54.3 Å². The highest BCUT2D eigenvalue weighted by Crippen LogP contribution is 2.33. The summed E-state index contributed by atoms with van der Waals surface area (Å²) in [6.07, 6.45) is 2.56. The smallest absolute Gasteiger partial charge is 0.254 e. The van der Waals surface area contributed by atoms with Crippen LogP contribution in [0.4, 0.5) is 0 Å². The van der Waals surface area contributed by atoms with Gasteiger partial charge in [0.1, 0.15) is 0 Å². The van der Waals surface area contributed by atoms with Crippen molar-refractivity contribution < 1.29 is 4.79 Å². The normalized spacial score (nSPS) is 13.6. The zero-order chi connectivity index (χ0) is 21.8. The Balaban J connectivity index is 1.34. The van der Waals surface area contributed by atoms with E-state index in [1.807, 2.05) is 47.0 Å². The van der Waals surface area contributed by atoms with E-state index in [0.717, 1.165) is 34.4 Å². The van der Waals surface area contributed by atoms with Crippen molar-refractivity contribution in [3.63, 3.8) is 0 Å². The molecule has 6 rings (SSSR count). The van der Waals surface area contributed by atoms with Gasteiger partial charge in [-0.15, -0.1) is 0 Å². The molecule has 0 radical (unpaired) electrons. The quantitative estimate of drug-likeness (QED) is 0.426. The minimum atomic E-state index is 0.0400. The van der Waals surface area contributed by atoms with E-state index in [1.54, 1.807) is 6.20 Å². The van der Waals surface area contributed by atoms with Crippen LogP contribution in [0.3, 0.4) is 0 Å². The second-order valence-corrected chi connectivity index (χ2v) is 8.43. The van der Waals surface area contributed by atoms with Gasteiger partial charge in [-0.05, 0) is 42.8 Å². The number of hydrogen-bond donors (Lipinski definition) is 0. The van der Waals surface area contributed by atoms with E-state index >= 15 is 0 Å². The van der Waals surface area contributed by atoms with E-state index in [-0.39, 0.29) is 5.91 Å². The molecule has 1 aliphatic rings. The van der Waals surface area contributed by atoms with E-state index < -0.39 is 0 Å². The first kappa shape index (κ1) is 18.8. The Bertz CT molecular complexity index is 1510. The molecule has 0 unspecified atom stereocenters. The first-order valence-corrected chi connectivity index (χ1v) is 10.8. The van der Waals surface area contributed by atoms with Crippen LogP contribution < -0.4 is 0 Å².